The van der Waals surface area contributed by atoms with E-state index in [0.717, 1.165) is 30.9 Å². The first-order valence-electron chi connectivity index (χ1n) is 7.81. The van der Waals surface area contributed by atoms with Gasteiger partial charge in [-0.05, 0) is 32.3 Å². The zero-order chi connectivity index (χ0) is 15.4. The van der Waals surface area contributed by atoms with Crippen LogP contribution in [-0.2, 0) is 13.1 Å². The summed E-state index contributed by atoms with van der Waals surface area (Å²) >= 11 is 0. The lowest BCUT2D eigenvalue weighted by Crippen LogP contribution is -2.12. The van der Waals surface area contributed by atoms with Crippen molar-refractivity contribution in [3.63, 3.8) is 0 Å². The second-order valence-corrected chi connectivity index (χ2v) is 6.12. The summed E-state index contributed by atoms with van der Waals surface area (Å²) in [5.41, 5.74) is 3.36. The lowest BCUT2D eigenvalue weighted by atomic mass is 10.2. The summed E-state index contributed by atoms with van der Waals surface area (Å²) in [6.45, 7) is 12.6. The largest absolute Gasteiger partial charge is 0.377 e. The normalized spacial score (nSPS) is 12.9. The number of hydrogen-bond donors (Lipinski definition) is 1. The Morgan fingerprint density at radius 3 is 2.71 bits per heavy atom. The fraction of sp³-hybridized carbons (Fsp3) is 0.625. The van der Waals surface area contributed by atoms with Crippen LogP contribution in [0.1, 0.15) is 51.5 Å². The van der Waals surface area contributed by atoms with Gasteiger partial charge < -0.3 is 5.32 Å². The van der Waals surface area contributed by atoms with Crippen LogP contribution in [0.3, 0.4) is 0 Å². The van der Waals surface area contributed by atoms with Gasteiger partial charge in [0.15, 0.2) is 0 Å². The molecule has 0 saturated heterocycles. The molecule has 0 aliphatic carbocycles. The maximum absolute atomic E-state index is 4.56. The fourth-order valence-electron chi connectivity index (χ4n) is 2.40. The summed E-state index contributed by atoms with van der Waals surface area (Å²) in [4.78, 5) is 0. The molecular weight excluding hydrogens is 262 g/mol. The van der Waals surface area contributed by atoms with Crippen molar-refractivity contribution in [2.24, 2.45) is 5.92 Å². The van der Waals surface area contributed by atoms with E-state index in [0.29, 0.717) is 12.0 Å². The van der Waals surface area contributed by atoms with Crippen molar-refractivity contribution in [2.45, 2.75) is 60.2 Å². The minimum atomic E-state index is 0.432. The highest BCUT2D eigenvalue weighted by molar-refractivity contribution is 5.45. The van der Waals surface area contributed by atoms with Crippen LogP contribution in [0.4, 0.5) is 5.69 Å². The topological polar surface area (TPSA) is 47.7 Å². The Labute approximate surface area is 127 Å². The monoisotopic (exact) mass is 289 g/mol. The molecule has 0 aliphatic heterocycles. The van der Waals surface area contributed by atoms with Crippen LogP contribution < -0.4 is 5.32 Å². The van der Waals surface area contributed by atoms with Gasteiger partial charge in [0.25, 0.3) is 0 Å². The molecule has 21 heavy (non-hydrogen) atoms. The molecule has 0 aliphatic rings. The minimum absolute atomic E-state index is 0.432. The van der Waals surface area contributed by atoms with Gasteiger partial charge >= 0.3 is 0 Å². The van der Waals surface area contributed by atoms with E-state index in [-0.39, 0.29) is 0 Å². The molecule has 0 bridgehead atoms. The van der Waals surface area contributed by atoms with Gasteiger partial charge in [-0.2, -0.15) is 10.2 Å². The van der Waals surface area contributed by atoms with Crippen molar-refractivity contribution in [3.8, 4) is 0 Å². The van der Waals surface area contributed by atoms with Gasteiger partial charge in [-0.15, -0.1) is 0 Å². The van der Waals surface area contributed by atoms with E-state index >= 15 is 0 Å². The molecule has 2 rings (SSSR count). The number of nitrogens with zero attached hydrogens (tertiary/aromatic N) is 4. The molecule has 1 N–H and O–H groups in total. The summed E-state index contributed by atoms with van der Waals surface area (Å²) in [7, 11) is 0. The highest BCUT2D eigenvalue weighted by atomic mass is 15.3. The predicted octanol–water partition coefficient (Wildman–Crippen LogP) is 3.63. The van der Waals surface area contributed by atoms with E-state index < -0.39 is 0 Å². The summed E-state index contributed by atoms with van der Waals surface area (Å²) in [6, 6.07) is 2.51. The standard InChI is InChI=1S/C16H27N5/c1-6-13(4)21-15(7-8-18-21)9-17-16-11-20(10-12(2)3)19-14(16)5/h7-8,11-13,17H,6,9-10H2,1-5H3. The number of nitrogens with one attached hydrogen (secondary N) is 1. The first kappa shape index (κ1) is 15.6. The lowest BCUT2D eigenvalue weighted by Gasteiger charge is -2.14. The Kier molecular flexibility index (Phi) is 5.04. The van der Waals surface area contributed by atoms with E-state index in [1.165, 1.54) is 5.69 Å². The Hall–Kier alpha value is -1.78. The molecule has 1 unspecified atom stereocenters. The van der Waals surface area contributed by atoms with E-state index in [2.05, 4.69) is 60.2 Å². The molecule has 0 amide bonds. The zero-order valence-corrected chi connectivity index (χ0v) is 13.8. The second-order valence-electron chi connectivity index (χ2n) is 6.12. The van der Waals surface area contributed by atoms with Crippen molar-refractivity contribution >= 4 is 5.69 Å². The van der Waals surface area contributed by atoms with E-state index in [1.807, 2.05) is 17.8 Å². The quantitative estimate of drug-likeness (QED) is 0.846. The highest BCUT2D eigenvalue weighted by Crippen LogP contribution is 2.17. The average molecular weight is 289 g/mol. The Balaban J connectivity index is 2.03. The SMILES string of the molecule is CCC(C)n1nccc1CNc1cn(CC(C)C)nc1C. The third-order valence-corrected chi connectivity index (χ3v) is 3.72. The molecule has 0 radical (unpaired) electrons. The summed E-state index contributed by atoms with van der Waals surface area (Å²) < 4.78 is 4.12. The molecule has 5 nitrogen and oxygen atoms in total. The van der Waals surface area contributed by atoms with Crippen molar-refractivity contribution < 1.29 is 0 Å². The van der Waals surface area contributed by atoms with E-state index in [4.69, 9.17) is 0 Å². The molecule has 2 heterocycles. The Morgan fingerprint density at radius 1 is 1.29 bits per heavy atom. The molecule has 1 atom stereocenters. The van der Waals surface area contributed by atoms with Crippen LogP contribution in [0, 0.1) is 12.8 Å². The molecule has 0 spiro atoms. The Bertz CT molecular complexity index is 567. The lowest BCUT2D eigenvalue weighted by molar-refractivity contribution is 0.462. The number of aromatic nitrogens is 4. The Morgan fingerprint density at radius 2 is 2.05 bits per heavy atom. The van der Waals surface area contributed by atoms with Gasteiger partial charge in [0.2, 0.25) is 0 Å². The number of aryl methyl sites for hydroxylation is 1. The molecule has 0 saturated carbocycles. The number of rotatable bonds is 7. The van der Waals surface area contributed by atoms with Gasteiger partial charge in [0, 0.05) is 25.0 Å². The van der Waals surface area contributed by atoms with E-state index in [1.54, 1.807) is 0 Å². The second kappa shape index (κ2) is 6.78. The average Bonchev–Trinajstić information content (AvgIpc) is 3.01. The molecule has 2 aromatic rings. The van der Waals surface area contributed by atoms with Crippen LogP contribution in [0.15, 0.2) is 18.5 Å². The highest BCUT2D eigenvalue weighted by Gasteiger charge is 2.10. The first-order chi connectivity index (χ1) is 10.0. The van der Waals surface area contributed by atoms with Crippen LogP contribution in [0.5, 0.6) is 0 Å². The van der Waals surface area contributed by atoms with Gasteiger partial charge in [0.1, 0.15) is 0 Å². The molecular formula is C16H27N5. The van der Waals surface area contributed by atoms with Crippen molar-refractivity contribution in [2.75, 3.05) is 5.32 Å². The zero-order valence-electron chi connectivity index (χ0n) is 13.8. The maximum Gasteiger partial charge on any atom is 0.0825 e. The fourth-order valence-corrected chi connectivity index (χ4v) is 2.40. The molecule has 0 fully saturated rings. The van der Waals surface area contributed by atoms with Crippen LogP contribution >= 0.6 is 0 Å². The smallest absolute Gasteiger partial charge is 0.0825 e. The maximum atomic E-state index is 4.56. The van der Waals surface area contributed by atoms with Crippen molar-refractivity contribution in [1.82, 2.24) is 19.6 Å². The van der Waals surface area contributed by atoms with Crippen LogP contribution in [0.2, 0.25) is 0 Å². The molecule has 2 aromatic heterocycles. The van der Waals surface area contributed by atoms with E-state index in [9.17, 15) is 0 Å². The van der Waals surface area contributed by atoms with Gasteiger partial charge in [-0.1, -0.05) is 20.8 Å². The molecule has 0 aromatic carbocycles. The van der Waals surface area contributed by atoms with Gasteiger partial charge in [0.05, 0.1) is 23.6 Å². The molecule has 5 heteroatoms. The first-order valence-corrected chi connectivity index (χ1v) is 7.81. The minimum Gasteiger partial charge on any atom is -0.377 e. The van der Waals surface area contributed by atoms with Crippen molar-refractivity contribution in [1.29, 1.82) is 0 Å². The molecule has 116 valence electrons. The summed E-state index contributed by atoms with van der Waals surface area (Å²) in [6.07, 6.45) is 5.05. The third kappa shape index (κ3) is 3.86. The van der Waals surface area contributed by atoms with Crippen LogP contribution in [-0.4, -0.2) is 19.6 Å². The van der Waals surface area contributed by atoms with Crippen LogP contribution in [0.25, 0.3) is 0 Å². The summed E-state index contributed by atoms with van der Waals surface area (Å²) in [5, 5.41) is 12.5. The predicted molar refractivity (Wildman–Crippen MR) is 86.4 cm³/mol. The van der Waals surface area contributed by atoms with Gasteiger partial charge in [-0.3, -0.25) is 9.36 Å². The summed E-state index contributed by atoms with van der Waals surface area (Å²) in [5.74, 6) is 0.601. The third-order valence-electron chi connectivity index (χ3n) is 3.72. The van der Waals surface area contributed by atoms with Crippen molar-refractivity contribution in [3.05, 3.63) is 29.8 Å². The van der Waals surface area contributed by atoms with Gasteiger partial charge in [-0.25, -0.2) is 0 Å². The number of hydrogen-bond acceptors (Lipinski definition) is 3. The number of anilines is 1.